The van der Waals surface area contributed by atoms with Crippen LogP contribution in [0.25, 0.3) is 5.69 Å². The number of hydrogen-bond donors (Lipinski definition) is 1. The van der Waals surface area contributed by atoms with Gasteiger partial charge in [-0.3, -0.25) is 4.79 Å². The van der Waals surface area contributed by atoms with E-state index in [1.54, 1.807) is 18.3 Å². The van der Waals surface area contributed by atoms with Gasteiger partial charge in [-0.2, -0.15) is 5.10 Å². The zero-order valence-electron chi connectivity index (χ0n) is 12.4. The average Bonchev–Trinajstić information content (AvgIpc) is 3.04. The minimum atomic E-state index is -0.406. The molecule has 5 nitrogen and oxygen atoms in total. The summed E-state index contributed by atoms with van der Waals surface area (Å²) in [6.45, 7) is 0. The van der Waals surface area contributed by atoms with Crippen LogP contribution < -0.4 is 5.43 Å². The Bertz CT molecular complexity index is 890. The Morgan fingerprint density at radius 3 is 2.75 bits per heavy atom. The quantitative estimate of drug-likeness (QED) is 0.284. The molecule has 1 amide bonds. The second-order valence-electron chi connectivity index (χ2n) is 4.82. The van der Waals surface area contributed by atoms with Gasteiger partial charge in [0.25, 0.3) is 5.91 Å². The van der Waals surface area contributed by atoms with Crippen LogP contribution in [-0.2, 0) is 0 Å². The van der Waals surface area contributed by atoms with Crippen molar-refractivity contribution in [1.82, 2.24) is 15.0 Å². The fourth-order valence-corrected chi connectivity index (χ4v) is 2.67. The number of hydrogen-bond acceptors (Lipinski definition) is 3. The molecule has 24 heavy (non-hydrogen) atoms. The van der Waals surface area contributed by atoms with Crippen LogP contribution in [0.1, 0.15) is 16.1 Å². The van der Waals surface area contributed by atoms with Crippen molar-refractivity contribution < 1.29 is 4.79 Å². The fraction of sp³-hybridized carbons (Fsp3) is 0. The van der Waals surface area contributed by atoms with Crippen LogP contribution in [0.2, 0.25) is 5.15 Å². The predicted molar refractivity (Wildman–Crippen MR) is 103 cm³/mol. The van der Waals surface area contributed by atoms with Gasteiger partial charge in [0, 0.05) is 21.7 Å². The third-order valence-corrected chi connectivity index (χ3v) is 4.27. The molecule has 3 rings (SSSR count). The van der Waals surface area contributed by atoms with Crippen molar-refractivity contribution in [3.8, 4) is 5.69 Å². The molecule has 0 fully saturated rings. The number of amides is 1. The summed E-state index contributed by atoms with van der Waals surface area (Å²) in [4.78, 5) is 15.9. The van der Waals surface area contributed by atoms with Gasteiger partial charge in [0.05, 0.1) is 17.5 Å². The van der Waals surface area contributed by atoms with Gasteiger partial charge in [0.15, 0.2) is 0 Å². The molecule has 1 aromatic carbocycles. The van der Waals surface area contributed by atoms with Gasteiger partial charge in [-0.05, 0) is 71.1 Å². The largest absolute Gasteiger partial charge is 0.316 e. The highest BCUT2D eigenvalue weighted by Crippen LogP contribution is 2.14. The van der Waals surface area contributed by atoms with Crippen molar-refractivity contribution in [2.75, 3.05) is 0 Å². The predicted octanol–water partition coefficient (Wildman–Crippen LogP) is 3.89. The first kappa shape index (κ1) is 16.7. The molecule has 0 saturated heterocycles. The van der Waals surface area contributed by atoms with Crippen molar-refractivity contribution in [2.45, 2.75) is 0 Å². The highest BCUT2D eigenvalue weighted by atomic mass is 127. The summed E-state index contributed by atoms with van der Waals surface area (Å²) in [6, 6.07) is 15.2. The number of carbonyl (C=O) groups is 1. The maximum atomic E-state index is 12.0. The third kappa shape index (κ3) is 3.82. The van der Waals surface area contributed by atoms with Crippen LogP contribution in [0.5, 0.6) is 0 Å². The van der Waals surface area contributed by atoms with Gasteiger partial charge < -0.3 is 4.57 Å². The molecular weight excluding hydrogens is 439 g/mol. The van der Waals surface area contributed by atoms with Crippen molar-refractivity contribution in [3.63, 3.8) is 0 Å². The van der Waals surface area contributed by atoms with Gasteiger partial charge in [-0.25, -0.2) is 10.4 Å². The molecule has 2 aromatic heterocycles. The van der Waals surface area contributed by atoms with E-state index in [0.29, 0.717) is 0 Å². The molecule has 0 aliphatic rings. The van der Waals surface area contributed by atoms with E-state index in [0.717, 1.165) is 11.4 Å². The molecule has 0 unspecified atom stereocenters. The lowest BCUT2D eigenvalue weighted by atomic mass is 10.3. The number of halogens is 2. The van der Waals surface area contributed by atoms with Crippen molar-refractivity contribution in [3.05, 3.63) is 80.9 Å². The van der Waals surface area contributed by atoms with E-state index in [-0.39, 0.29) is 10.7 Å². The van der Waals surface area contributed by atoms with Gasteiger partial charge in [-0.15, -0.1) is 0 Å². The smallest absolute Gasteiger partial charge is 0.274 e. The second-order valence-corrected chi connectivity index (χ2v) is 6.42. The lowest BCUT2D eigenvalue weighted by molar-refractivity contribution is 0.0955. The van der Waals surface area contributed by atoms with E-state index in [2.05, 4.69) is 38.1 Å². The number of aromatic nitrogens is 2. The van der Waals surface area contributed by atoms with Crippen LogP contribution in [0.3, 0.4) is 0 Å². The number of pyridine rings is 1. The molecule has 0 aliphatic carbocycles. The summed E-state index contributed by atoms with van der Waals surface area (Å²) in [7, 11) is 0. The highest BCUT2D eigenvalue weighted by Gasteiger charge is 2.09. The first-order valence-corrected chi connectivity index (χ1v) is 8.48. The Kier molecular flexibility index (Phi) is 5.27. The summed E-state index contributed by atoms with van der Waals surface area (Å²) in [5.41, 5.74) is 4.60. The maximum absolute atomic E-state index is 12.0. The van der Waals surface area contributed by atoms with Gasteiger partial charge in [-0.1, -0.05) is 11.6 Å². The topological polar surface area (TPSA) is 59.3 Å². The molecule has 0 spiro atoms. The summed E-state index contributed by atoms with van der Waals surface area (Å²) in [5.74, 6) is -0.406. The average molecular weight is 451 g/mol. The number of rotatable bonds is 4. The third-order valence-electron chi connectivity index (χ3n) is 3.25. The molecule has 0 atom stereocenters. The second kappa shape index (κ2) is 7.59. The SMILES string of the molecule is O=C(NN=Cc1cccn1-c1ccc(I)cc1)c1cccnc1Cl. The number of nitrogens with zero attached hydrogens (tertiary/aromatic N) is 3. The van der Waals surface area contributed by atoms with Crippen molar-refractivity contribution in [1.29, 1.82) is 0 Å². The molecule has 7 heteroatoms. The van der Waals surface area contributed by atoms with E-state index >= 15 is 0 Å². The minimum Gasteiger partial charge on any atom is -0.316 e. The van der Waals surface area contributed by atoms with Crippen LogP contribution >= 0.6 is 34.2 Å². The Morgan fingerprint density at radius 1 is 1.21 bits per heavy atom. The van der Waals surface area contributed by atoms with Crippen molar-refractivity contribution >= 4 is 46.3 Å². The monoisotopic (exact) mass is 450 g/mol. The normalized spacial score (nSPS) is 10.9. The molecule has 120 valence electrons. The summed E-state index contributed by atoms with van der Waals surface area (Å²) in [6.07, 6.45) is 5.04. The van der Waals surface area contributed by atoms with E-state index in [1.807, 2.05) is 47.2 Å². The minimum absolute atomic E-state index is 0.146. The number of carbonyl (C=O) groups excluding carboxylic acids is 1. The van der Waals surface area contributed by atoms with E-state index in [9.17, 15) is 4.79 Å². The molecule has 0 bridgehead atoms. The standard InChI is InChI=1S/C17H12ClIN4O/c18-16-15(4-1-9-20-16)17(24)22-21-11-14-3-2-10-23(14)13-7-5-12(19)6-8-13/h1-11H,(H,22,24). The summed E-state index contributed by atoms with van der Waals surface area (Å²) < 4.78 is 3.14. The molecule has 2 heterocycles. The van der Waals surface area contributed by atoms with Gasteiger partial charge in [0.1, 0.15) is 5.15 Å². The van der Waals surface area contributed by atoms with Crippen LogP contribution in [0.15, 0.2) is 66.0 Å². The van der Waals surface area contributed by atoms with Crippen LogP contribution in [-0.4, -0.2) is 21.7 Å². The lowest BCUT2D eigenvalue weighted by Gasteiger charge is -2.06. The Labute approximate surface area is 157 Å². The molecule has 0 aliphatic heterocycles. The summed E-state index contributed by atoms with van der Waals surface area (Å²) >= 11 is 8.15. The first-order valence-electron chi connectivity index (χ1n) is 7.02. The fourth-order valence-electron chi connectivity index (χ4n) is 2.11. The Morgan fingerprint density at radius 2 is 2.00 bits per heavy atom. The molecule has 3 aromatic rings. The van der Waals surface area contributed by atoms with Crippen LogP contribution in [0, 0.1) is 3.57 Å². The molecule has 0 saturated carbocycles. The number of nitrogens with one attached hydrogen (secondary N) is 1. The Balaban J connectivity index is 1.74. The van der Waals surface area contributed by atoms with E-state index < -0.39 is 5.91 Å². The van der Waals surface area contributed by atoms with Crippen LogP contribution in [0.4, 0.5) is 0 Å². The van der Waals surface area contributed by atoms with Gasteiger partial charge in [0.2, 0.25) is 0 Å². The lowest BCUT2D eigenvalue weighted by Crippen LogP contribution is -2.18. The molecule has 1 N–H and O–H groups in total. The highest BCUT2D eigenvalue weighted by molar-refractivity contribution is 14.1. The summed E-state index contributed by atoms with van der Waals surface area (Å²) in [5, 5.41) is 4.15. The maximum Gasteiger partial charge on any atom is 0.274 e. The Hall–Kier alpha value is -2.19. The van der Waals surface area contributed by atoms with Crippen molar-refractivity contribution in [2.24, 2.45) is 5.10 Å². The number of benzene rings is 1. The van der Waals surface area contributed by atoms with Gasteiger partial charge >= 0.3 is 0 Å². The number of hydrazone groups is 1. The molecule has 0 radical (unpaired) electrons. The zero-order valence-corrected chi connectivity index (χ0v) is 15.3. The zero-order chi connectivity index (χ0) is 16.9. The van der Waals surface area contributed by atoms with E-state index in [1.165, 1.54) is 9.77 Å². The molecular formula is C17H12ClIN4O. The van der Waals surface area contributed by atoms with E-state index in [4.69, 9.17) is 11.6 Å². The first-order chi connectivity index (χ1) is 11.6.